The van der Waals surface area contributed by atoms with E-state index in [-0.39, 0.29) is 18.7 Å². The summed E-state index contributed by atoms with van der Waals surface area (Å²) in [5.74, 6) is 0.0847. The molecule has 134 valence electrons. The molecule has 2 heterocycles. The largest absolute Gasteiger partial charge is 0.496 e. The van der Waals surface area contributed by atoms with Gasteiger partial charge in [-0.05, 0) is 17.5 Å². The normalized spacial score (nSPS) is 10.5. The maximum atomic E-state index is 12.6. The van der Waals surface area contributed by atoms with Crippen LogP contribution in [0.15, 0.2) is 57.6 Å². The monoisotopic (exact) mass is 371 g/mol. The molecule has 2 N–H and O–H groups in total. The fourth-order valence-corrected chi connectivity index (χ4v) is 3.19. The smallest absolute Gasteiger partial charge is 0.328 e. The Kier molecular flexibility index (Phi) is 5.33. The van der Waals surface area contributed by atoms with Crippen molar-refractivity contribution in [3.63, 3.8) is 0 Å². The van der Waals surface area contributed by atoms with Crippen molar-refractivity contribution in [2.45, 2.75) is 13.1 Å². The van der Waals surface area contributed by atoms with Gasteiger partial charge in [-0.25, -0.2) is 4.79 Å². The summed E-state index contributed by atoms with van der Waals surface area (Å²) in [5.41, 5.74) is -0.507. The van der Waals surface area contributed by atoms with E-state index in [0.717, 1.165) is 21.2 Å². The van der Waals surface area contributed by atoms with Crippen LogP contribution in [0.4, 0.5) is 0 Å². The van der Waals surface area contributed by atoms with Crippen molar-refractivity contribution in [1.82, 2.24) is 14.9 Å². The van der Waals surface area contributed by atoms with E-state index in [4.69, 9.17) is 4.74 Å². The van der Waals surface area contributed by atoms with E-state index < -0.39 is 17.2 Å². The van der Waals surface area contributed by atoms with Crippen LogP contribution in [-0.2, 0) is 13.1 Å². The van der Waals surface area contributed by atoms with Crippen LogP contribution in [0.1, 0.15) is 20.8 Å². The van der Waals surface area contributed by atoms with Gasteiger partial charge in [0.25, 0.3) is 11.5 Å². The molecule has 3 aromatic rings. The zero-order chi connectivity index (χ0) is 18.5. The first-order chi connectivity index (χ1) is 12.6. The highest BCUT2D eigenvalue weighted by Gasteiger charge is 2.15. The Labute approximate surface area is 152 Å². The number of thiophene rings is 1. The van der Waals surface area contributed by atoms with Crippen LogP contribution in [0.3, 0.4) is 0 Å². The van der Waals surface area contributed by atoms with Gasteiger partial charge in [0.05, 0.1) is 13.7 Å². The van der Waals surface area contributed by atoms with Crippen LogP contribution < -0.4 is 21.3 Å². The third-order valence-corrected chi connectivity index (χ3v) is 4.69. The summed E-state index contributed by atoms with van der Waals surface area (Å²) in [7, 11) is 1.55. The third-order valence-electron chi connectivity index (χ3n) is 3.83. The second kappa shape index (κ2) is 7.83. The molecule has 0 aliphatic carbocycles. The molecule has 0 bridgehead atoms. The lowest BCUT2D eigenvalue weighted by Gasteiger charge is -2.10. The molecular weight excluding hydrogens is 354 g/mol. The van der Waals surface area contributed by atoms with Gasteiger partial charge < -0.3 is 15.0 Å². The van der Waals surface area contributed by atoms with Crippen LogP contribution in [0, 0.1) is 0 Å². The van der Waals surface area contributed by atoms with Crippen LogP contribution in [0.25, 0.3) is 0 Å². The average Bonchev–Trinajstić information content (AvgIpc) is 3.16. The Morgan fingerprint density at radius 1 is 1.23 bits per heavy atom. The van der Waals surface area contributed by atoms with E-state index in [1.54, 1.807) is 13.2 Å². The van der Waals surface area contributed by atoms with Crippen molar-refractivity contribution in [1.29, 1.82) is 0 Å². The Morgan fingerprint density at radius 2 is 2.04 bits per heavy atom. The molecule has 8 heteroatoms. The third kappa shape index (κ3) is 3.75. The van der Waals surface area contributed by atoms with Gasteiger partial charge in [-0.3, -0.25) is 14.2 Å². The SMILES string of the molecule is COc1ccccc1CNC(=O)c1c[nH]c(=O)n(Cc2cccs2)c1=O. The molecule has 0 aliphatic heterocycles. The highest BCUT2D eigenvalue weighted by Crippen LogP contribution is 2.16. The number of para-hydroxylation sites is 1. The minimum atomic E-state index is -0.625. The maximum absolute atomic E-state index is 12.6. The van der Waals surface area contributed by atoms with Crippen LogP contribution >= 0.6 is 11.3 Å². The van der Waals surface area contributed by atoms with Crippen molar-refractivity contribution in [3.8, 4) is 5.75 Å². The van der Waals surface area contributed by atoms with Gasteiger partial charge in [-0.2, -0.15) is 0 Å². The van der Waals surface area contributed by atoms with Crippen LogP contribution in [0.2, 0.25) is 0 Å². The number of rotatable bonds is 6. The molecule has 3 rings (SSSR count). The number of H-pyrrole nitrogens is 1. The zero-order valence-corrected chi connectivity index (χ0v) is 14.8. The number of hydrogen-bond acceptors (Lipinski definition) is 5. The standard InChI is InChI=1S/C18H17N3O4S/c1-25-15-7-3-2-5-12(15)9-19-16(22)14-10-20-18(24)21(17(14)23)11-13-6-4-8-26-13/h2-8,10H,9,11H2,1H3,(H,19,22)(H,20,24). The summed E-state index contributed by atoms with van der Waals surface area (Å²) in [4.78, 5) is 40.2. The van der Waals surface area contributed by atoms with E-state index in [1.807, 2.05) is 35.7 Å². The number of methoxy groups -OCH3 is 1. The molecule has 26 heavy (non-hydrogen) atoms. The first-order valence-corrected chi connectivity index (χ1v) is 8.73. The van der Waals surface area contributed by atoms with Crippen molar-refractivity contribution in [2.75, 3.05) is 7.11 Å². The zero-order valence-electron chi connectivity index (χ0n) is 14.0. The molecule has 1 amide bonds. The molecule has 0 saturated heterocycles. The van der Waals surface area contributed by atoms with E-state index in [2.05, 4.69) is 10.3 Å². The number of aromatic nitrogens is 2. The van der Waals surface area contributed by atoms with Crippen molar-refractivity contribution in [2.24, 2.45) is 0 Å². The Morgan fingerprint density at radius 3 is 2.77 bits per heavy atom. The molecule has 0 atom stereocenters. The van der Waals surface area contributed by atoms with Gasteiger partial charge >= 0.3 is 5.69 Å². The number of benzene rings is 1. The molecule has 0 aliphatic rings. The first-order valence-electron chi connectivity index (χ1n) is 7.85. The van der Waals surface area contributed by atoms with Gasteiger partial charge in [-0.1, -0.05) is 24.3 Å². The fourth-order valence-electron chi connectivity index (χ4n) is 2.50. The topological polar surface area (TPSA) is 93.2 Å². The first kappa shape index (κ1) is 17.7. The van der Waals surface area contributed by atoms with E-state index in [0.29, 0.717) is 5.75 Å². The fraction of sp³-hybridized carbons (Fsp3) is 0.167. The van der Waals surface area contributed by atoms with Crippen molar-refractivity contribution < 1.29 is 9.53 Å². The summed E-state index contributed by atoms with van der Waals surface area (Å²) < 4.78 is 6.25. The predicted octanol–water partition coefficient (Wildman–Crippen LogP) is 1.58. The molecule has 0 unspecified atom stereocenters. The summed E-state index contributed by atoms with van der Waals surface area (Å²) >= 11 is 1.43. The lowest BCUT2D eigenvalue weighted by molar-refractivity contribution is 0.0948. The van der Waals surface area contributed by atoms with E-state index >= 15 is 0 Å². The summed E-state index contributed by atoms with van der Waals surface area (Å²) in [5, 5.41) is 4.54. The number of carbonyl (C=O) groups excluding carboxylic acids is 1. The highest BCUT2D eigenvalue weighted by molar-refractivity contribution is 7.09. The molecule has 0 radical (unpaired) electrons. The van der Waals surface area contributed by atoms with Crippen LogP contribution in [-0.4, -0.2) is 22.6 Å². The van der Waals surface area contributed by atoms with E-state index in [9.17, 15) is 14.4 Å². The predicted molar refractivity (Wildman–Crippen MR) is 98.9 cm³/mol. The summed E-state index contributed by atoms with van der Waals surface area (Å²) in [6, 6.07) is 10.9. The summed E-state index contributed by atoms with van der Waals surface area (Å²) in [6.45, 7) is 0.325. The molecule has 0 fully saturated rings. The molecule has 0 saturated carbocycles. The molecular formula is C18H17N3O4S. The van der Waals surface area contributed by atoms with Gasteiger partial charge in [0.2, 0.25) is 0 Å². The number of nitrogens with zero attached hydrogens (tertiary/aromatic N) is 1. The molecule has 1 aromatic carbocycles. The van der Waals surface area contributed by atoms with Gasteiger partial charge in [-0.15, -0.1) is 11.3 Å². The quantitative estimate of drug-likeness (QED) is 0.688. The number of ether oxygens (including phenoxy) is 1. The number of aromatic amines is 1. The Bertz CT molecular complexity index is 1020. The van der Waals surface area contributed by atoms with Gasteiger partial charge in [0.1, 0.15) is 11.3 Å². The number of nitrogens with one attached hydrogen (secondary N) is 2. The van der Waals surface area contributed by atoms with Crippen molar-refractivity contribution >= 4 is 17.2 Å². The highest BCUT2D eigenvalue weighted by atomic mass is 32.1. The van der Waals surface area contributed by atoms with Crippen LogP contribution in [0.5, 0.6) is 5.75 Å². The maximum Gasteiger partial charge on any atom is 0.328 e. The summed E-state index contributed by atoms with van der Waals surface area (Å²) in [6.07, 6.45) is 1.15. The Balaban J connectivity index is 1.81. The lowest BCUT2D eigenvalue weighted by Crippen LogP contribution is -2.40. The lowest BCUT2D eigenvalue weighted by atomic mass is 10.2. The second-order valence-electron chi connectivity index (χ2n) is 5.47. The van der Waals surface area contributed by atoms with Crippen molar-refractivity contribution in [3.05, 3.63) is 84.8 Å². The number of hydrogen-bond donors (Lipinski definition) is 2. The minimum Gasteiger partial charge on any atom is -0.496 e. The molecule has 2 aromatic heterocycles. The Hall–Kier alpha value is -3.13. The molecule has 7 nitrogen and oxygen atoms in total. The van der Waals surface area contributed by atoms with Gasteiger partial charge in [0.15, 0.2) is 0 Å². The van der Waals surface area contributed by atoms with Gasteiger partial charge in [0, 0.05) is 23.2 Å². The number of carbonyl (C=O) groups is 1. The molecule has 0 spiro atoms. The second-order valence-corrected chi connectivity index (χ2v) is 6.50. The average molecular weight is 371 g/mol. The minimum absolute atomic E-state index is 0.115. The number of amides is 1. The van der Waals surface area contributed by atoms with E-state index in [1.165, 1.54) is 11.3 Å².